The lowest BCUT2D eigenvalue weighted by Crippen LogP contribution is -2.46. The van der Waals surface area contributed by atoms with E-state index in [1.54, 1.807) is 12.1 Å². The number of carbonyl (C=O) groups is 1. The van der Waals surface area contributed by atoms with Gasteiger partial charge in [-0.1, -0.05) is 11.6 Å². The van der Waals surface area contributed by atoms with E-state index < -0.39 is 0 Å². The van der Waals surface area contributed by atoms with Gasteiger partial charge >= 0.3 is 0 Å². The first kappa shape index (κ1) is 12.3. The van der Waals surface area contributed by atoms with Crippen LogP contribution < -0.4 is 5.32 Å². The van der Waals surface area contributed by atoms with Crippen molar-refractivity contribution in [3.8, 4) is 0 Å². The molecule has 1 N–H and O–H groups in total. The minimum atomic E-state index is -0.277. The summed E-state index contributed by atoms with van der Waals surface area (Å²) in [5.74, 6) is -0.134. The van der Waals surface area contributed by atoms with Crippen LogP contribution in [0.3, 0.4) is 0 Å². The van der Waals surface area contributed by atoms with Crippen molar-refractivity contribution in [2.24, 2.45) is 0 Å². The third kappa shape index (κ3) is 2.96. The van der Waals surface area contributed by atoms with E-state index in [1.165, 1.54) is 0 Å². The van der Waals surface area contributed by atoms with Crippen molar-refractivity contribution in [1.29, 1.82) is 0 Å². The van der Waals surface area contributed by atoms with E-state index in [4.69, 9.17) is 16.3 Å². The highest BCUT2D eigenvalue weighted by atomic mass is 35.5. The second kappa shape index (κ2) is 4.63. The minimum Gasteiger partial charge on any atom is -0.379 e. The molecule has 1 saturated heterocycles. The first-order valence-corrected chi connectivity index (χ1v) is 5.91. The van der Waals surface area contributed by atoms with Gasteiger partial charge in [-0.3, -0.25) is 4.79 Å². The summed E-state index contributed by atoms with van der Waals surface area (Å²) in [7, 11) is 0. The van der Waals surface area contributed by atoms with Gasteiger partial charge in [0.2, 0.25) is 0 Å². The average Bonchev–Trinajstić information content (AvgIpc) is 2.63. The number of pyridine rings is 1. The van der Waals surface area contributed by atoms with E-state index in [2.05, 4.69) is 10.3 Å². The smallest absolute Gasteiger partial charge is 0.251 e. The third-order valence-corrected chi connectivity index (χ3v) is 3.01. The predicted octanol–water partition coefficient (Wildman–Crippen LogP) is 1.95. The maximum atomic E-state index is 12.1. The Kier molecular flexibility index (Phi) is 3.35. The standard InChI is InChI=1S/C12H15ClN2O2/c1-8-5-9(6-10(13)14-8)11(16)15-12(2)3-4-17-7-12/h5-6H,3-4,7H2,1-2H3,(H,15,16). The van der Waals surface area contributed by atoms with Crippen molar-refractivity contribution >= 4 is 17.5 Å². The van der Waals surface area contributed by atoms with E-state index in [-0.39, 0.29) is 11.4 Å². The van der Waals surface area contributed by atoms with Gasteiger partial charge in [0.15, 0.2) is 0 Å². The highest BCUT2D eigenvalue weighted by Gasteiger charge is 2.31. The van der Waals surface area contributed by atoms with E-state index in [1.807, 2.05) is 13.8 Å². The van der Waals surface area contributed by atoms with E-state index in [9.17, 15) is 4.79 Å². The summed E-state index contributed by atoms with van der Waals surface area (Å²) >= 11 is 5.83. The van der Waals surface area contributed by atoms with Gasteiger partial charge in [-0.2, -0.15) is 0 Å². The Bertz CT molecular complexity index is 422. The average molecular weight is 255 g/mol. The second-order valence-electron chi connectivity index (χ2n) is 4.64. The van der Waals surface area contributed by atoms with Crippen molar-refractivity contribution in [2.75, 3.05) is 13.2 Å². The number of amides is 1. The van der Waals surface area contributed by atoms with Crippen LogP contribution in [0.4, 0.5) is 0 Å². The van der Waals surface area contributed by atoms with E-state index in [0.717, 1.165) is 12.1 Å². The van der Waals surface area contributed by atoms with Crippen LogP contribution in [-0.2, 0) is 4.74 Å². The van der Waals surface area contributed by atoms with Gasteiger partial charge in [0.1, 0.15) is 5.15 Å². The molecule has 0 saturated carbocycles. The Balaban J connectivity index is 2.14. The summed E-state index contributed by atoms with van der Waals surface area (Å²) in [6.45, 7) is 5.03. The fourth-order valence-corrected chi connectivity index (χ4v) is 2.12. The molecule has 1 fully saturated rings. The number of aryl methyl sites for hydroxylation is 1. The lowest BCUT2D eigenvalue weighted by molar-refractivity contribution is 0.0889. The van der Waals surface area contributed by atoms with Crippen LogP contribution in [0.25, 0.3) is 0 Å². The monoisotopic (exact) mass is 254 g/mol. The molecule has 1 atom stereocenters. The summed E-state index contributed by atoms with van der Waals surface area (Å²) in [4.78, 5) is 16.1. The molecule has 0 aliphatic carbocycles. The molecule has 1 amide bonds. The maximum absolute atomic E-state index is 12.1. The number of hydrogen-bond donors (Lipinski definition) is 1. The van der Waals surface area contributed by atoms with Crippen molar-refractivity contribution < 1.29 is 9.53 Å². The van der Waals surface area contributed by atoms with Gasteiger partial charge in [-0.05, 0) is 32.4 Å². The summed E-state index contributed by atoms with van der Waals surface area (Å²) in [6.07, 6.45) is 0.830. The fraction of sp³-hybridized carbons (Fsp3) is 0.500. The zero-order valence-electron chi connectivity index (χ0n) is 9.92. The van der Waals surface area contributed by atoms with E-state index >= 15 is 0 Å². The molecule has 0 aromatic carbocycles. The third-order valence-electron chi connectivity index (χ3n) is 2.82. The van der Waals surface area contributed by atoms with Crippen molar-refractivity contribution in [3.05, 3.63) is 28.5 Å². The summed E-state index contributed by atoms with van der Waals surface area (Å²) in [5, 5.41) is 3.31. The molecule has 1 aromatic rings. The first-order chi connectivity index (χ1) is 7.98. The number of hydrogen-bond acceptors (Lipinski definition) is 3. The maximum Gasteiger partial charge on any atom is 0.251 e. The van der Waals surface area contributed by atoms with Crippen molar-refractivity contribution in [3.63, 3.8) is 0 Å². The van der Waals surface area contributed by atoms with E-state index in [0.29, 0.717) is 23.9 Å². The Morgan fingerprint density at radius 2 is 2.35 bits per heavy atom. The Hall–Kier alpha value is -1.13. The topological polar surface area (TPSA) is 51.2 Å². The molecule has 2 heterocycles. The normalized spacial score (nSPS) is 23.7. The number of ether oxygens (including phenoxy) is 1. The SMILES string of the molecule is Cc1cc(C(=O)NC2(C)CCOC2)cc(Cl)n1. The molecule has 0 bridgehead atoms. The van der Waals surface area contributed by atoms with Crippen molar-refractivity contribution in [1.82, 2.24) is 10.3 Å². The molecule has 1 aliphatic heterocycles. The summed E-state index contributed by atoms with van der Waals surface area (Å²) < 4.78 is 5.29. The lowest BCUT2D eigenvalue weighted by atomic mass is 10.0. The largest absolute Gasteiger partial charge is 0.379 e. The van der Waals surface area contributed by atoms with Crippen LogP contribution >= 0.6 is 11.6 Å². The molecule has 1 aromatic heterocycles. The molecule has 1 unspecified atom stereocenters. The molecule has 0 radical (unpaired) electrons. The molecule has 4 nitrogen and oxygen atoms in total. The molecule has 5 heteroatoms. The first-order valence-electron chi connectivity index (χ1n) is 5.53. The number of carbonyl (C=O) groups excluding carboxylic acids is 1. The molecule has 0 spiro atoms. The quantitative estimate of drug-likeness (QED) is 0.821. The highest BCUT2D eigenvalue weighted by Crippen LogP contribution is 2.19. The number of rotatable bonds is 2. The van der Waals surface area contributed by atoms with Crippen LogP contribution in [0.2, 0.25) is 5.15 Å². The van der Waals surface area contributed by atoms with Gasteiger partial charge in [0, 0.05) is 17.9 Å². The molecule has 92 valence electrons. The Morgan fingerprint density at radius 1 is 1.59 bits per heavy atom. The van der Waals surface area contributed by atoms with Gasteiger partial charge in [0.05, 0.1) is 12.1 Å². The number of nitrogens with one attached hydrogen (secondary N) is 1. The number of nitrogens with zero attached hydrogens (tertiary/aromatic N) is 1. The Morgan fingerprint density at radius 3 is 2.94 bits per heavy atom. The van der Waals surface area contributed by atoms with Crippen LogP contribution in [0.15, 0.2) is 12.1 Å². The minimum absolute atomic E-state index is 0.134. The molecule has 1 aliphatic rings. The van der Waals surface area contributed by atoms with Gasteiger partial charge < -0.3 is 10.1 Å². The molecular weight excluding hydrogens is 240 g/mol. The second-order valence-corrected chi connectivity index (χ2v) is 5.02. The number of halogens is 1. The van der Waals surface area contributed by atoms with Gasteiger partial charge in [-0.25, -0.2) is 4.98 Å². The van der Waals surface area contributed by atoms with Crippen LogP contribution in [-0.4, -0.2) is 29.6 Å². The summed E-state index contributed by atoms with van der Waals surface area (Å²) in [6, 6.07) is 3.30. The fourth-order valence-electron chi connectivity index (χ4n) is 1.87. The lowest BCUT2D eigenvalue weighted by Gasteiger charge is -2.23. The van der Waals surface area contributed by atoms with Crippen LogP contribution in [0.1, 0.15) is 29.4 Å². The van der Waals surface area contributed by atoms with Crippen LogP contribution in [0.5, 0.6) is 0 Å². The molecule has 2 rings (SSSR count). The zero-order valence-corrected chi connectivity index (χ0v) is 10.7. The van der Waals surface area contributed by atoms with Crippen LogP contribution in [0, 0.1) is 6.92 Å². The van der Waals surface area contributed by atoms with Crippen molar-refractivity contribution in [2.45, 2.75) is 25.8 Å². The highest BCUT2D eigenvalue weighted by molar-refractivity contribution is 6.29. The number of aromatic nitrogens is 1. The Labute approximate surface area is 105 Å². The molecular formula is C12H15ClN2O2. The zero-order chi connectivity index (χ0) is 12.5. The molecule has 17 heavy (non-hydrogen) atoms. The van der Waals surface area contributed by atoms with Gasteiger partial charge in [0.25, 0.3) is 5.91 Å². The summed E-state index contributed by atoms with van der Waals surface area (Å²) in [5.41, 5.74) is 0.992. The van der Waals surface area contributed by atoms with Gasteiger partial charge in [-0.15, -0.1) is 0 Å². The predicted molar refractivity (Wildman–Crippen MR) is 65.3 cm³/mol.